The van der Waals surface area contributed by atoms with Crippen LogP contribution >= 0.6 is 27.7 Å². The fraction of sp³-hybridized carbons (Fsp3) is 0.647. The fourth-order valence-corrected chi connectivity index (χ4v) is 4.72. The van der Waals surface area contributed by atoms with E-state index in [-0.39, 0.29) is 5.54 Å². The summed E-state index contributed by atoms with van der Waals surface area (Å²) in [7, 11) is 0. The van der Waals surface area contributed by atoms with Crippen LogP contribution in [-0.4, -0.2) is 29.0 Å². The molecule has 0 amide bonds. The van der Waals surface area contributed by atoms with Crippen molar-refractivity contribution in [1.29, 1.82) is 0 Å². The lowest BCUT2D eigenvalue weighted by Crippen LogP contribution is -2.52. The van der Waals surface area contributed by atoms with E-state index >= 15 is 0 Å². The molecule has 116 valence electrons. The van der Waals surface area contributed by atoms with Gasteiger partial charge in [0.2, 0.25) is 0 Å². The molecule has 0 heterocycles. The molecule has 21 heavy (non-hydrogen) atoms. The first-order valence-corrected chi connectivity index (χ1v) is 9.77. The monoisotopic (exact) mass is 369 g/mol. The van der Waals surface area contributed by atoms with Gasteiger partial charge < -0.3 is 10.4 Å². The van der Waals surface area contributed by atoms with Crippen LogP contribution in [0, 0.1) is 5.92 Å². The molecule has 0 saturated heterocycles. The zero-order chi connectivity index (χ0) is 14.7. The number of nitrogens with one attached hydrogen (secondary N) is 1. The Morgan fingerprint density at radius 1 is 1.24 bits per heavy atom. The smallest absolute Gasteiger partial charge is 0.0616 e. The van der Waals surface area contributed by atoms with E-state index in [4.69, 9.17) is 0 Å². The molecule has 0 bridgehead atoms. The molecule has 2 aliphatic carbocycles. The van der Waals surface area contributed by atoms with Gasteiger partial charge in [0.25, 0.3) is 0 Å². The minimum Gasteiger partial charge on any atom is -0.394 e. The molecule has 3 rings (SSSR count). The summed E-state index contributed by atoms with van der Waals surface area (Å²) in [6.45, 7) is 0.303. The summed E-state index contributed by atoms with van der Waals surface area (Å²) >= 11 is 5.41. The Hall–Kier alpha value is -0.0300. The van der Waals surface area contributed by atoms with Crippen molar-refractivity contribution in [2.75, 3.05) is 12.4 Å². The zero-order valence-corrected chi connectivity index (χ0v) is 14.8. The third-order valence-electron chi connectivity index (χ3n) is 4.86. The lowest BCUT2D eigenvalue weighted by atomic mass is 9.85. The van der Waals surface area contributed by atoms with Crippen molar-refractivity contribution in [2.45, 2.75) is 55.0 Å². The van der Waals surface area contributed by atoms with Gasteiger partial charge in [-0.05, 0) is 68.0 Å². The van der Waals surface area contributed by atoms with Crippen molar-refractivity contribution in [3.8, 4) is 0 Å². The number of aliphatic hydroxyl groups excluding tert-OH is 1. The number of hydrogen-bond acceptors (Lipinski definition) is 3. The molecule has 2 nitrogen and oxygen atoms in total. The summed E-state index contributed by atoms with van der Waals surface area (Å²) in [5.41, 5.74) is 0.0153. The number of aliphatic hydroxyl groups is 1. The van der Waals surface area contributed by atoms with Gasteiger partial charge in [-0.1, -0.05) is 22.4 Å². The van der Waals surface area contributed by atoms with E-state index in [0.717, 1.165) is 16.6 Å². The quantitative estimate of drug-likeness (QED) is 0.705. The van der Waals surface area contributed by atoms with E-state index in [1.165, 1.54) is 37.0 Å². The average molecular weight is 370 g/mol. The Morgan fingerprint density at radius 2 is 2.00 bits per heavy atom. The second-order valence-electron chi connectivity index (χ2n) is 6.41. The third-order valence-corrected chi connectivity index (χ3v) is 6.43. The van der Waals surface area contributed by atoms with Gasteiger partial charge in [-0.15, -0.1) is 11.8 Å². The maximum Gasteiger partial charge on any atom is 0.0616 e. The first kappa shape index (κ1) is 15.9. The van der Waals surface area contributed by atoms with E-state index in [0.29, 0.717) is 18.6 Å². The Morgan fingerprint density at radius 3 is 2.67 bits per heavy atom. The SMILES string of the molecule is OCC1(NC2CC2)CCCC1CCSc1ccc(Br)cc1. The highest BCUT2D eigenvalue weighted by Gasteiger charge is 2.44. The van der Waals surface area contributed by atoms with Gasteiger partial charge in [0.15, 0.2) is 0 Å². The third kappa shape index (κ3) is 4.04. The maximum atomic E-state index is 9.94. The summed E-state index contributed by atoms with van der Waals surface area (Å²) < 4.78 is 1.13. The first-order chi connectivity index (χ1) is 10.2. The van der Waals surface area contributed by atoms with E-state index < -0.39 is 0 Å². The highest BCUT2D eigenvalue weighted by Crippen LogP contribution is 2.41. The van der Waals surface area contributed by atoms with E-state index in [9.17, 15) is 5.11 Å². The lowest BCUT2D eigenvalue weighted by molar-refractivity contribution is 0.120. The highest BCUT2D eigenvalue weighted by molar-refractivity contribution is 9.10. The Balaban J connectivity index is 1.52. The number of benzene rings is 1. The minimum atomic E-state index is 0.0153. The molecular formula is C17H24BrNOS. The van der Waals surface area contributed by atoms with E-state index in [1.807, 2.05) is 11.8 Å². The summed E-state index contributed by atoms with van der Waals surface area (Å²) in [6, 6.07) is 9.22. The van der Waals surface area contributed by atoms with Gasteiger partial charge in [0.05, 0.1) is 6.61 Å². The Kier molecular flexibility index (Phi) is 5.31. The fourth-order valence-electron chi connectivity index (χ4n) is 3.49. The van der Waals surface area contributed by atoms with Crippen molar-refractivity contribution in [3.05, 3.63) is 28.7 Å². The van der Waals surface area contributed by atoms with Crippen molar-refractivity contribution >= 4 is 27.7 Å². The van der Waals surface area contributed by atoms with Gasteiger partial charge in [-0.3, -0.25) is 0 Å². The number of halogens is 1. The molecular weight excluding hydrogens is 346 g/mol. The summed E-state index contributed by atoms with van der Waals surface area (Å²) in [5.74, 6) is 1.77. The van der Waals surface area contributed by atoms with Gasteiger partial charge in [-0.25, -0.2) is 0 Å². The molecule has 2 saturated carbocycles. The largest absolute Gasteiger partial charge is 0.394 e. The highest BCUT2D eigenvalue weighted by atomic mass is 79.9. The van der Waals surface area contributed by atoms with Crippen molar-refractivity contribution < 1.29 is 5.11 Å². The van der Waals surface area contributed by atoms with Crippen LogP contribution in [0.3, 0.4) is 0 Å². The number of rotatable bonds is 7. The van der Waals surface area contributed by atoms with Gasteiger partial charge >= 0.3 is 0 Å². The van der Waals surface area contributed by atoms with Crippen LogP contribution in [0.5, 0.6) is 0 Å². The molecule has 0 radical (unpaired) electrons. The molecule has 2 atom stereocenters. The molecule has 2 aliphatic rings. The molecule has 0 spiro atoms. The maximum absolute atomic E-state index is 9.94. The van der Waals surface area contributed by atoms with Crippen molar-refractivity contribution in [3.63, 3.8) is 0 Å². The average Bonchev–Trinajstić information content (AvgIpc) is 3.21. The molecule has 1 aromatic carbocycles. The second kappa shape index (κ2) is 7.03. The predicted octanol–water partition coefficient (Wildman–Crippen LogP) is 4.21. The molecule has 4 heteroatoms. The van der Waals surface area contributed by atoms with E-state index in [2.05, 4.69) is 45.5 Å². The van der Waals surface area contributed by atoms with Crippen LogP contribution in [-0.2, 0) is 0 Å². The molecule has 2 unspecified atom stereocenters. The molecule has 0 aliphatic heterocycles. The zero-order valence-electron chi connectivity index (χ0n) is 12.4. The summed E-state index contributed by atoms with van der Waals surface area (Å²) in [6.07, 6.45) is 7.45. The Labute approximate surface area is 140 Å². The van der Waals surface area contributed by atoms with Gasteiger partial charge in [-0.2, -0.15) is 0 Å². The van der Waals surface area contributed by atoms with E-state index in [1.54, 1.807) is 0 Å². The Bertz CT molecular complexity index is 462. The minimum absolute atomic E-state index is 0.0153. The van der Waals surface area contributed by atoms with Crippen LogP contribution in [0.25, 0.3) is 0 Å². The predicted molar refractivity (Wildman–Crippen MR) is 92.8 cm³/mol. The first-order valence-electron chi connectivity index (χ1n) is 7.99. The van der Waals surface area contributed by atoms with Crippen molar-refractivity contribution in [1.82, 2.24) is 5.32 Å². The normalized spacial score (nSPS) is 29.0. The topological polar surface area (TPSA) is 32.3 Å². The number of hydrogen-bond donors (Lipinski definition) is 2. The number of thioether (sulfide) groups is 1. The van der Waals surface area contributed by atoms with Crippen LogP contribution in [0.4, 0.5) is 0 Å². The van der Waals surface area contributed by atoms with Crippen LogP contribution < -0.4 is 5.32 Å². The summed E-state index contributed by atoms with van der Waals surface area (Å²) in [4.78, 5) is 1.33. The lowest BCUT2D eigenvalue weighted by Gasteiger charge is -2.35. The van der Waals surface area contributed by atoms with Gasteiger partial charge in [0.1, 0.15) is 0 Å². The molecule has 2 N–H and O–H groups in total. The van der Waals surface area contributed by atoms with Crippen LogP contribution in [0.15, 0.2) is 33.6 Å². The standard InChI is InChI=1S/C17H24BrNOS/c18-14-3-7-16(8-4-14)21-11-9-13-2-1-10-17(13,12-20)19-15-5-6-15/h3-4,7-8,13,15,19-20H,1-2,5-6,9-12H2. The van der Waals surface area contributed by atoms with Crippen LogP contribution in [0.1, 0.15) is 38.5 Å². The molecule has 1 aromatic rings. The van der Waals surface area contributed by atoms with Gasteiger partial charge in [0, 0.05) is 20.9 Å². The van der Waals surface area contributed by atoms with Crippen LogP contribution in [0.2, 0.25) is 0 Å². The molecule has 2 fully saturated rings. The molecule has 0 aromatic heterocycles. The second-order valence-corrected chi connectivity index (χ2v) is 8.50. The summed E-state index contributed by atoms with van der Waals surface area (Å²) in [5, 5.41) is 13.7. The van der Waals surface area contributed by atoms with Crippen molar-refractivity contribution in [2.24, 2.45) is 5.92 Å².